The predicted octanol–water partition coefficient (Wildman–Crippen LogP) is 1.65. The number of halogens is 1. The van der Waals surface area contributed by atoms with Gasteiger partial charge in [0.15, 0.2) is 0 Å². The summed E-state index contributed by atoms with van der Waals surface area (Å²) in [5, 5.41) is 3.70. The smallest absolute Gasteiger partial charge is 0.228 e. The van der Waals surface area contributed by atoms with Gasteiger partial charge in [-0.25, -0.2) is 0 Å². The molecule has 2 heterocycles. The van der Waals surface area contributed by atoms with Crippen molar-refractivity contribution in [3.63, 3.8) is 0 Å². The third kappa shape index (κ3) is 2.73. The zero-order valence-electron chi connectivity index (χ0n) is 11.7. The van der Waals surface area contributed by atoms with Crippen LogP contribution in [0.2, 0.25) is 5.02 Å². The van der Waals surface area contributed by atoms with Crippen LogP contribution in [-0.4, -0.2) is 32.3 Å². The van der Waals surface area contributed by atoms with E-state index in [4.69, 9.17) is 26.8 Å². The van der Waals surface area contributed by atoms with Gasteiger partial charge >= 0.3 is 0 Å². The maximum absolute atomic E-state index is 12.7. The van der Waals surface area contributed by atoms with Crippen molar-refractivity contribution in [3.05, 3.63) is 28.8 Å². The number of carbonyl (C=O) groups excluding carboxylic acids is 1. The molecular formula is C15H19ClN2O3. The minimum atomic E-state index is -0.528. The number of fused-ring (bicyclic) bond motifs is 1. The zero-order chi connectivity index (χ0) is 14.9. The lowest BCUT2D eigenvalue weighted by Crippen LogP contribution is -2.50. The fourth-order valence-corrected chi connectivity index (χ4v) is 3.08. The highest BCUT2D eigenvalue weighted by Gasteiger charge is 2.40. The van der Waals surface area contributed by atoms with Gasteiger partial charge in [-0.15, -0.1) is 0 Å². The molecule has 2 aliphatic rings. The summed E-state index contributed by atoms with van der Waals surface area (Å²) in [5.41, 5.74) is 6.26. The lowest BCUT2D eigenvalue weighted by Gasteiger charge is -2.35. The average molecular weight is 311 g/mol. The van der Waals surface area contributed by atoms with Crippen LogP contribution in [0.15, 0.2) is 18.2 Å². The number of hydrogen-bond donors (Lipinski definition) is 2. The van der Waals surface area contributed by atoms with Crippen molar-refractivity contribution in [2.75, 3.05) is 26.4 Å². The van der Waals surface area contributed by atoms with Crippen LogP contribution in [0, 0.1) is 5.41 Å². The molecule has 5 nitrogen and oxygen atoms in total. The van der Waals surface area contributed by atoms with Gasteiger partial charge in [-0.2, -0.15) is 0 Å². The number of ether oxygens (including phenoxy) is 2. The molecule has 1 fully saturated rings. The van der Waals surface area contributed by atoms with Gasteiger partial charge in [0.25, 0.3) is 0 Å². The molecule has 21 heavy (non-hydrogen) atoms. The van der Waals surface area contributed by atoms with Gasteiger partial charge in [0.2, 0.25) is 5.91 Å². The number of nitrogens with one attached hydrogen (secondary N) is 1. The van der Waals surface area contributed by atoms with Crippen LogP contribution < -0.4 is 15.8 Å². The predicted molar refractivity (Wildman–Crippen MR) is 79.4 cm³/mol. The first kappa shape index (κ1) is 14.6. The van der Waals surface area contributed by atoms with Gasteiger partial charge in [0.1, 0.15) is 12.4 Å². The number of amides is 1. The Morgan fingerprint density at radius 2 is 2.19 bits per heavy atom. The SMILES string of the molecule is NCC1(C(=O)NC2COc3ccc(Cl)cc32)CCOCC1. The molecule has 1 aromatic carbocycles. The Hall–Kier alpha value is -1.30. The number of nitrogens with two attached hydrogens (primary N) is 1. The van der Waals surface area contributed by atoms with Crippen LogP contribution in [0.4, 0.5) is 0 Å². The molecule has 1 atom stereocenters. The molecule has 0 aliphatic carbocycles. The molecule has 0 saturated carbocycles. The number of benzene rings is 1. The van der Waals surface area contributed by atoms with Crippen LogP contribution in [-0.2, 0) is 9.53 Å². The van der Waals surface area contributed by atoms with Crippen molar-refractivity contribution in [1.29, 1.82) is 0 Å². The normalized spacial score (nSPS) is 23.2. The highest BCUT2D eigenvalue weighted by atomic mass is 35.5. The summed E-state index contributed by atoms with van der Waals surface area (Å²) in [7, 11) is 0. The van der Waals surface area contributed by atoms with Crippen LogP contribution in [0.3, 0.4) is 0 Å². The molecule has 114 valence electrons. The summed E-state index contributed by atoms with van der Waals surface area (Å²) in [5.74, 6) is 0.758. The lowest BCUT2D eigenvalue weighted by atomic mass is 9.79. The van der Waals surface area contributed by atoms with Gasteiger partial charge in [0, 0.05) is 30.3 Å². The largest absolute Gasteiger partial charge is 0.491 e. The Balaban J connectivity index is 1.76. The summed E-state index contributed by atoms with van der Waals surface area (Å²) < 4.78 is 10.9. The molecule has 3 N–H and O–H groups in total. The molecule has 0 bridgehead atoms. The van der Waals surface area contributed by atoms with E-state index in [0.29, 0.717) is 44.2 Å². The number of carbonyl (C=O) groups is 1. The first-order chi connectivity index (χ1) is 10.1. The highest BCUT2D eigenvalue weighted by Crippen LogP contribution is 2.36. The van der Waals surface area contributed by atoms with Crippen molar-refractivity contribution in [1.82, 2.24) is 5.32 Å². The second kappa shape index (κ2) is 5.83. The van der Waals surface area contributed by atoms with Gasteiger partial charge < -0.3 is 20.5 Å². The Bertz CT molecular complexity index is 544. The minimum absolute atomic E-state index is 0.0188. The molecule has 1 unspecified atom stereocenters. The van der Waals surface area contributed by atoms with E-state index >= 15 is 0 Å². The molecule has 0 aromatic heterocycles. The first-order valence-corrected chi connectivity index (χ1v) is 7.53. The minimum Gasteiger partial charge on any atom is -0.491 e. The molecule has 1 amide bonds. The van der Waals surface area contributed by atoms with Crippen molar-refractivity contribution in [3.8, 4) is 5.75 Å². The molecule has 1 aromatic rings. The standard InChI is InChI=1S/C15H19ClN2O3/c16-10-1-2-13-11(7-10)12(8-21-13)18-14(19)15(9-17)3-5-20-6-4-15/h1-2,7,12H,3-6,8-9,17H2,(H,18,19). The average Bonchev–Trinajstić information content (AvgIpc) is 2.90. The first-order valence-electron chi connectivity index (χ1n) is 7.16. The van der Waals surface area contributed by atoms with E-state index in [0.717, 1.165) is 11.3 Å². The summed E-state index contributed by atoms with van der Waals surface area (Å²) in [6.45, 7) is 1.92. The molecular weight excluding hydrogens is 292 g/mol. The molecule has 0 radical (unpaired) electrons. The fourth-order valence-electron chi connectivity index (χ4n) is 2.90. The van der Waals surface area contributed by atoms with Gasteiger partial charge in [-0.05, 0) is 31.0 Å². The van der Waals surface area contributed by atoms with E-state index in [1.165, 1.54) is 0 Å². The monoisotopic (exact) mass is 310 g/mol. The van der Waals surface area contributed by atoms with Crippen molar-refractivity contribution in [2.45, 2.75) is 18.9 Å². The Kier molecular flexibility index (Phi) is 4.06. The summed E-state index contributed by atoms with van der Waals surface area (Å²) in [4.78, 5) is 12.7. The van der Waals surface area contributed by atoms with Crippen molar-refractivity contribution >= 4 is 17.5 Å². The third-order valence-corrected chi connectivity index (χ3v) is 4.62. The Morgan fingerprint density at radius 3 is 2.90 bits per heavy atom. The number of hydrogen-bond acceptors (Lipinski definition) is 4. The summed E-state index contributed by atoms with van der Waals surface area (Å²) >= 11 is 6.02. The molecule has 1 saturated heterocycles. The van der Waals surface area contributed by atoms with Crippen LogP contribution in [0.1, 0.15) is 24.4 Å². The summed E-state index contributed by atoms with van der Waals surface area (Å²) in [6.07, 6.45) is 1.32. The quantitative estimate of drug-likeness (QED) is 0.890. The van der Waals surface area contributed by atoms with Crippen molar-refractivity contribution in [2.24, 2.45) is 11.1 Å². The second-order valence-corrected chi connectivity index (χ2v) is 6.05. The van der Waals surface area contributed by atoms with E-state index < -0.39 is 5.41 Å². The molecule has 6 heteroatoms. The maximum Gasteiger partial charge on any atom is 0.228 e. The van der Waals surface area contributed by atoms with E-state index in [2.05, 4.69) is 5.32 Å². The lowest BCUT2D eigenvalue weighted by molar-refractivity contribution is -0.136. The van der Waals surface area contributed by atoms with Gasteiger partial charge in [-0.1, -0.05) is 11.6 Å². The second-order valence-electron chi connectivity index (χ2n) is 5.62. The molecule has 0 spiro atoms. The third-order valence-electron chi connectivity index (χ3n) is 4.38. The van der Waals surface area contributed by atoms with Crippen molar-refractivity contribution < 1.29 is 14.3 Å². The zero-order valence-corrected chi connectivity index (χ0v) is 12.5. The Labute approximate surface area is 128 Å². The maximum atomic E-state index is 12.7. The molecule has 3 rings (SSSR count). The van der Waals surface area contributed by atoms with Crippen LogP contribution in [0.25, 0.3) is 0 Å². The van der Waals surface area contributed by atoms with Crippen LogP contribution in [0.5, 0.6) is 5.75 Å². The van der Waals surface area contributed by atoms with E-state index in [1.807, 2.05) is 12.1 Å². The topological polar surface area (TPSA) is 73.6 Å². The molecule has 2 aliphatic heterocycles. The fraction of sp³-hybridized carbons (Fsp3) is 0.533. The Morgan fingerprint density at radius 1 is 1.43 bits per heavy atom. The van der Waals surface area contributed by atoms with Crippen LogP contribution >= 0.6 is 11.6 Å². The number of rotatable bonds is 3. The van der Waals surface area contributed by atoms with E-state index in [-0.39, 0.29) is 11.9 Å². The van der Waals surface area contributed by atoms with E-state index in [9.17, 15) is 4.79 Å². The summed E-state index contributed by atoms with van der Waals surface area (Å²) in [6, 6.07) is 5.28. The van der Waals surface area contributed by atoms with Gasteiger partial charge in [0.05, 0.1) is 11.5 Å². The van der Waals surface area contributed by atoms with Gasteiger partial charge in [-0.3, -0.25) is 4.79 Å². The van der Waals surface area contributed by atoms with E-state index in [1.54, 1.807) is 6.07 Å². The highest BCUT2D eigenvalue weighted by molar-refractivity contribution is 6.30.